The summed E-state index contributed by atoms with van der Waals surface area (Å²) in [6.07, 6.45) is 6.29. The summed E-state index contributed by atoms with van der Waals surface area (Å²) < 4.78 is 0. The number of rotatable bonds is 8. The molecule has 7 heteroatoms. The average Bonchev–Trinajstić information content (AvgIpc) is 3.03. The summed E-state index contributed by atoms with van der Waals surface area (Å²) in [6, 6.07) is 24.0. The van der Waals surface area contributed by atoms with Crippen LogP contribution in [0.4, 0.5) is 5.69 Å². The molecule has 1 atom stereocenters. The van der Waals surface area contributed by atoms with Gasteiger partial charge in [0.15, 0.2) is 0 Å². The Morgan fingerprint density at radius 2 is 1.61 bits per heavy atom. The highest BCUT2D eigenvalue weighted by molar-refractivity contribution is 6.42. The highest BCUT2D eigenvalue weighted by atomic mass is 35.5. The van der Waals surface area contributed by atoms with Gasteiger partial charge < -0.3 is 15.1 Å². The van der Waals surface area contributed by atoms with Crippen molar-refractivity contribution >= 4 is 40.7 Å². The number of nitrogens with zero attached hydrogens (tertiary/aromatic N) is 2. The zero-order chi connectivity index (χ0) is 31.3. The van der Waals surface area contributed by atoms with Crippen LogP contribution in [0.5, 0.6) is 0 Å². The van der Waals surface area contributed by atoms with Crippen molar-refractivity contribution in [2.75, 3.05) is 38.0 Å². The zero-order valence-electron chi connectivity index (χ0n) is 26.3. The summed E-state index contributed by atoms with van der Waals surface area (Å²) in [6.45, 7) is 10.4. The maximum absolute atomic E-state index is 13.5. The molecule has 2 amide bonds. The molecule has 5 nitrogen and oxygen atoms in total. The molecule has 0 radical (unpaired) electrons. The number of nitrogens with one attached hydrogen (secondary N) is 1. The van der Waals surface area contributed by atoms with Gasteiger partial charge in [0.1, 0.15) is 0 Å². The minimum Gasteiger partial charge on any atom is -0.338 e. The first-order chi connectivity index (χ1) is 21.0. The highest BCUT2D eigenvalue weighted by Gasteiger charge is 2.39. The molecule has 0 spiro atoms. The van der Waals surface area contributed by atoms with Gasteiger partial charge in [-0.25, -0.2) is 0 Å². The molecule has 3 aromatic rings. The van der Waals surface area contributed by atoms with Crippen LogP contribution in [-0.4, -0.2) is 54.3 Å². The summed E-state index contributed by atoms with van der Waals surface area (Å²) in [5.41, 5.74) is 3.56. The van der Waals surface area contributed by atoms with Gasteiger partial charge in [-0.2, -0.15) is 0 Å². The van der Waals surface area contributed by atoms with Gasteiger partial charge in [0, 0.05) is 35.2 Å². The standard InChI is InChI=1S/C37H45Cl2N3O2/c1-36(2,3)35(44)40-31-14-11-27(12-15-31)28-17-23-41(24-18-28)21-7-19-37(30-13-16-32(38)33(39)25-30)20-8-22-42(26-37)34(43)29-9-5-4-6-10-29/h4-6,9-16,25,28H,7-8,17-24,26H2,1-3H3,(H,40,44). The van der Waals surface area contributed by atoms with Gasteiger partial charge in [0.25, 0.3) is 5.91 Å². The first-order valence-corrected chi connectivity index (χ1v) is 16.7. The van der Waals surface area contributed by atoms with E-state index < -0.39 is 5.41 Å². The van der Waals surface area contributed by atoms with Crippen molar-refractivity contribution in [1.82, 2.24) is 9.80 Å². The third-order valence-corrected chi connectivity index (χ3v) is 10.2. The number of amides is 2. The number of likely N-dealkylation sites (tertiary alicyclic amines) is 2. The normalized spacial score (nSPS) is 20.0. The number of benzene rings is 3. The Morgan fingerprint density at radius 3 is 2.27 bits per heavy atom. The van der Waals surface area contributed by atoms with Gasteiger partial charge in [-0.1, -0.05) is 80.4 Å². The molecule has 0 aliphatic carbocycles. The lowest BCUT2D eigenvalue weighted by Crippen LogP contribution is -2.49. The van der Waals surface area contributed by atoms with Crippen molar-refractivity contribution < 1.29 is 9.59 Å². The molecule has 2 heterocycles. The van der Waals surface area contributed by atoms with Gasteiger partial charge in [-0.05, 0) is 112 Å². The fourth-order valence-electron chi connectivity index (χ4n) is 6.77. The Morgan fingerprint density at radius 1 is 0.909 bits per heavy atom. The molecule has 44 heavy (non-hydrogen) atoms. The molecule has 2 fully saturated rings. The van der Waals surface area contributed by atoms with Crippen LogP contribution in [-0.2, 0) is 10.2 Å². The van der Waals surface area contributed by atoms with Crippen LogP contribution in [0.1, 0.15) is 86.7 Å². The molecule has 1 unspecified atom stereocenters. The Labute approximate surface area is 272 Å². The topological polar surface area (TPSA) is 52.7 Å². The quantitative estimate of drug-likeness (QED) is 0.270. The Balaban J connectivity index is 1.19. The Bertz CT molecular complexity index is 1430. The molecule has 0 aromatic heterocycles. The van der Waals surface area contributed by atoms with E-state index in [0.29, 0.717) is 22.5 Å². The van der Waals surface area contributed by atoms with Gasteiger partial charge in [-0.3, -0.25) is 9.59 Å². The predicted molar refractivity (Wildman–Crippen MR) is 182 cm³/mol. The molecule has 0 bridgehead atoms. The molecule has 0 saturated carbocycles. The predicted octanol–water partition coefficient (Wildman–Crippen LogP) is 8.81. The van der Waals surface area contributed by atoms with E-state index in [-0.39, 0.29) is 17.2 Å². The Hall–Kier alpha value is -2.86. The number of carbonyl (C=O) groups is 2. The van der Waals surface area contributed by atoms with E-state index in [2.05, 4.69) is 28.4 Å². The van der Waals surface area contributed by atoms with Crippen molar-refractivity contribution in [2.24, 2.45) is 5.41 Å². The minimum atomic E-state index is -0.414. The van der Waals surface area contributed by atoms with E-state index in [9.17, 15) is 9.59 Å². The molecule has 1 N–H and O–H groups in total. The maximum atomic E-state index is 13.5. The van der Waals surface area contributed by atoms with Crippen LogP contribution < -0.4 is 5.32 Å². The minimum absolute atomic E-state index is 0.0308. The monoisotopic (exact) mass is 633 g/mol. The third kappa shape index (κ3) is 7.85. The Kier molecular flexibility index (Phi) is 10.4. The largest absolute Gasteiger partial charge is 0.338 e. The first-order valence-electron chi connectivity index (χ1n) is 16.0. The second kappa shape index (κ2) is 14.1. The molecule has 2 aliphatic rings. The molecule has 3 aromatic carbocycles. The average molecular weight is 635 g/mol. The van der Waals surface area contributed by atoms with Crippen molar-refractivity contribution in [3.63, 3.8) is 0 Å². The number of hydrogen-bond acceptors (Lipinski definition) is 3. The summed E-state index contributed by atoms with van der Waals surface area (Å²) in [7, 11) is 0. The number of piperidine rings is 2. The van der Waals surface area contributed by atoms with Crippen molar-refractivity contribution in [3.8, 4) is 0 Å². The molecular weight excluding hydrogens is 589 g/mol. The van der Waals surface area contributed by atoms with Crippen molar-refractivity contribution in [2.45, 2.75) is 70.6 Å². The second-order valence-electron chi connectivity index (χ2n) is 13.7. The molecular formula is C37H45Cl2N3O2. The molecule has 2 saturated heterocycles. The van der Waals surface area contributed by atoms with Gasteiger partial charge in [0.05, 0.1) is 10.0 Å². The van der Waals surface area contributed by atoms with Crippen molar-refractivity contribution in [3.05, 3.63) is 99.5 Å². The van der Waals surface area contributed by atoms with Crippen molar-refractivity contribution in [1.29, 1.82) is 0 Å². The summed E-state index contributed by atoms with van der Waals surface area (Å²) in [5.74, 6) is 0.668. The summed E-state index contributed by atoms with van der Waals surface area (Å²) in [4.78, 5) is 30.4. The van der Waals surface area contributed by atoms with Crippen LogP contribution in [0.2, 0.25) is 10.0 Å². The van der Waals surface area contributed by atoms with Gasteiger partial charge in [0.2, 0.25) is 5.91 Å². The van der Waals surface area contributed by atoms with Crippen LogP contribution in [0.3, 0.4) is 0 Å². The summed E-state index contributed by atoms with van der Waals surface area (Å²) >= 11 is 12.8. The number of hydrogen-bond donors (Lipinski definition) is 1. The summed E-state index contributed by atoms with van der Waals surface area (Å²) in [5, 5.41) is 4.16. The van der Waals surface area contributed by atoms with E-state index in [1.807, 2.05) is 80.3 Å². The third-order valence-electron chi connectivity index (χ3n) is 9.46. The van der Waals surface area contributed by atoms with Gasteiger partial charge >= 0.3 is 0 Å². The second-order valence-corrected chi connectivity index (χ2v) is 14.5. The zero-order valence-corrected chi connectivity index (χ0v) is 27.8. The number of halogens is 2. The number of carbonyl (C=O) groups excluding carboxylic acids is 2. The number of anilines is 1. The van der Waals surface area contributed by atoms with E-state index in [1.54, 1.807) is 0 Å². The fourth-order valence-corrected chi connectivity index (χ4v) is 7.06. The lowest BCUT2D eigenvalue weighted by molar-refractivity contribution is -0.123. The lowest BCUT2D eigenvalue weighted by atomic mass is 9.71. The van der Waals surface area contributed by atoms with Crippen LogP contribution in [0, 0.1) is 5.41 Å². The van der Waals surface area contributed by atoms with Gasteiger partial charge in [-0.15, -0.1) is 0 Å². The fraction of sp³-hybridized carbons (Fsp3) is 0.459. The van der Waals surface area contributed by atoms with E-state index in [1.165, 1.54) is 11.1 Å². The lowest BCUT2D eigenvalue weighted by Gasteiger charge is -2.44. The highest BCUT2D eigenvalue weighted by Crippen LogP contribution is 2.41. The maximum Gasteiger partial charge on any atom is 0.253 e. The van der Waals surface area contributed by atoms with Crippen LogP contribution in [0.25, 0.3) is 0 Å². The molecule has 2 aliphatic heterocycles. The molecule has 234 valence electrons. The first kappa shape index (κ1) is 32.5. The van der Waals surface area contributed by atoms with E-state index >= 15 is 0 Å². The molecule has 5 rings (SSSR count). The van der Waals surface area contributed by atoms with E-state index in [4.69, 9.17) is 23.2 Å². The van der Waals surface area contributed by atoms with Crippen LogP contribution >= 0.6 is 23.2 Å². The van der Waals surface area contributed by atoms with E-state index in [0.717, 1.165) is 76.0 Å². The smallest absolute Gasteiger partial charge is 0.253 e. The SMILES string of the molecule is CC(C)(C)C(=O)Nc1ccc(C2CCN(CCCC3(c4ccc(Cl)c(Cl)c4)CCCN(C(=O)c4ccccc4)C3)CC2)cc1. The van der Waals surface area contributed by atoms with Crippen LogP contribution in [0.15, 0.2) is 72.8 Å².